The fraction of sp³-hybridized carbons (Fsp3) is 0.0909. The summed E-state index contributed by atoms with van der Waals surface area (Å²) in [7, 11) is 0. The third-order valence-corrected chi connectivity index (χ3v) is 3.76. The zero-order valence-electron chi connectivity index (χ0n) is 8.72. The second-order valence-corrected chi connectivity index (χ2v) is 5.09. The van der Waals surface area contributed by atoms with Crippen molar-refractivity contribution in [3.63, 3.8) is 0 Å². The number of hydrogen-bond acceptors (Lipinski definition) is 2. The Balaban J connectivity index is 2.61. The van der Waals surface area contributed by atoms with E-state index in [0.29, 0.717) is 26.0 Å². The molecule has 0 aliphatic heterocycles. The van der Waals surface area contributed by atoms with Crippen molar-refractivity contribution >= 4 is 31.9 Å². The number of aromatic amines is 1. The highest BCUT2D eigenvalue weighted by Crippen LogP contribution is 2.23. The zero-order chi connectivity index (χ0) is 12.6. The number of nitrogens with one attached hydrogen (secondary N) is 1. The van der Waals surface area contributed by atoms with Crippen molar-refractivity contribution in [2.75, 3.05) is 0 Å². The van der Waals surface area contributed by atoms with E-state index in [2.05, 4.69) is 41.8 Å². The fourth-order valence-corrected chi connectivity index (χ4v) is 1.92. The number of H-pyrrole nitrogens is 1. The largest absolute Gasteiger partial charge is 0.306 e. The van der Waals surface area contributed by atoms with Crippen molar-refractivity contribution in [3.8, 4) is 11.4 Å². The summed E-state index contributed by atoms with van der Waals surface area (Å²) in [5.74, 6) is 0.0568. The zero-order valence-corrected chi connectivity index (χ0v) is 11.9. The van der Waals surface area contributed by atoms with Crippen LogP contribution in [0.2, 0.25) is 0 Å². The molecule has 0 fully saturated rings. The van der Waals surface area contributed by atoms with Crippen LogP contribution in [-0.2, 0) is 0 Å². The van der Waals surface area contributed by atoms with Gasteiger partial charge in [-0.15, -0.1) is 0 Å². The van der Waals surface area contributed by atoms with Gasteiger partial charge in [0, 0.05) is 5.56 Å². The van der Waals surface area contributed by atoms with E-state index in [1.807, 2.05) is 0 Å². The first-order valence-electron chi connectivity index (χ1n) is 4.71. The second kappa shape index (κ2) is 4.70. The summed E-state index contributed by atoms with van der Waals surface area (Å²) in [5.41, 5.74) is 0.975. The van der Waals surface area contributed by atoms with Gasteiger partial charge in [-0.3, -0.25) is 4.79 Å². The molecule has 0 aliphatic carbocycles. The Morgan fingerprint density at radius 3 is 2.65 bits per heavy atom. The maximum atomic E-state index is 13.1. The lowest BCUT2D eigenvalue weighted by atomic mass is 10.2. The minimum absolute atomic E-state index is 0.257. The molecule has 88 valence electrons. The Labute approximate surface area is 113 Å². The highest BCUT2D eigenvalue weighted by Gasteiger charge is 2.08. The van der Waals surface area contributed by atoms with Crippen LogP contribution >= 0.6 is 31.9 Å². The van der Waals surface area contributed by atoms with Crippen LogP contribution < -0.4 is 5.56 Å². The van der Waals surface area contributed by atoms with Gasteiger partial charge in [-0.2, -0.15) is 0 Å². The van der Waals surface area contributed by atoms with Crippen molar-refractivity contribution in [1.29, 1.82) is 0 Å². The van der Waals surface area contributed by atoms with Gasteiger partial charge in [-0.25, -0.2) is 9.37 Å². The Kier molecular flexibility index (Phi) is 3.44. The molecule has 0 atom stereocenters. The van der Waals surface area contributed by atoms with Crippen LogP contribution in [0, 0.1) is 12.7 Å². The molecular formula is C11H7Br2FN2O. The molecule has 0 unspecified atom stereocenters. The molecule has 1 heterocycles. The number of nitrogens with zero attached hydrogens (tertiary/aromatic N) is 1. The number of aryl methyl sites for hydroxylation is 1. The Bertz CT molecular complexity index is 640. The normalized spacial score (nSPS) is 10.6. The topological polar surface area (TPSA) is 45.8 Å². The summed E-state index contributed by atoms with van der Waals surface area (Å²) < 4.78 is 13.8. The van der Waals surface area contributed by atoms with Crippen molar-refractivity contribution in [2.24, 2.45) is 0 Å². The van der Waals surface area contributed by atoms with Gasteiger partial charge in [0.25, 0.3) is 5.56 Å². The molecule has 1 aromatic carbocycles. The van der Waals surface area contributed by atoms with Crippen molar-refractivity contribution in [1.82, 2.24) is 9.97 Å². The van der Waals surface area contributed by atoms with Gasteiger partial charge in [0.1, 0.15) is 16.1 Å². The van der Waals surface area contributed by atoms with Crippen molar-refractivity contribution < 1.29 is 4.39 Å². The van der Waals surface area contributed by atoms with E-state index < -0.39 is 0 Å². The molecule has 17 heavy (non-hydrogen) atoms. The minimum Gasteiger partial charge on any atom is -0.306 e. The van der Waals surface area contributed by atoms with Crippen LogP contribution in [0.3, 0.4) is 0 Å². The summed E-state index contributed by atoms with van der Waals surface area (Å²) in [6.07, 6.45) is 0. The third-order valence-electron chi connectivity index (χ3n) is 2.22. The molecule has 0 saturated carbocycles. The highest BCUT2D eigenvalue weighted by atomic mass is 79.9. The number of hydrogen-bond donors (Lipinski definition) is 1. The molecule has 0 spiro atoms. The van der Waals surface area contributed by atoms with Crippen LogP contribution in [0.5, 0.6) is 0 Å². The molecular weight excluding hydrogens is 355 g/mol. The first-order chi connectivity index (χ1) is 7.99. The monoisotopic (exact) mass is 360 g/mol. The summed E-state index contributed by atoms with van der Waals surface area (Å²) >= 11 is 6.23. The van der Waals surface area contributed by atoms with Crippen molar-refractivity contribution in [3.05, 3.63) is 49.0 Å². The lowest BCUT2D eigenvalue weighted by Crippen LogP contribution is -2.11. The average molecular weight is 362 g/mol. The van der Waals surface area contributed by atoms with E-state index in [4.69, 9.17) is 0 Å². The van der Waals surface area contributed by atoms with Gasteiger partial charge in [0.2, 0.25) is 0 Å². The molecule has 0 saturated heterocycles. The molecule has 3 nitrogen and oxygen atoms in total. The molecule has 0 amide bonds. The van der Waals surface area contributed by atoms with E-state index in [1.165, 1.54) is 6.07 Å². The molecule has 0 radical (unpaired) electrons. The van der Waals surface area contributed by atoms with E-state index in [1.54, 1.807) is 19.1 Å². The van der Waals surface area contributed by atoms with Crippen LogP contribution in [-0.4, -0.2) is 9.97 Å². The predicted octanol–water partition coefficient (Wildman–Crippen LogP) is 3.41. The lowest BCUT2D eigenvalue weighted by molar-refractivity contribution is 0.621. The Hall–Kier alpha value is -1.01. The van der Waals surface area contributed by atoms with Crippen LogP contribution in [0.15, 0.2) is 31.9 Å². The third kappa shape index (κ3) is 2.47. The smallest absolute Gasteiger partial charge is 0.265 e. The molecule has 0 aliphatic rings. The predicted molar refractivity (Wildman–Crippen MR) is 70.4 cm³/mol. The fourth-order valence-electron chi connectivity index (χ4n) is 1.35. The van der Waals surface area contributed by atoms with Crippen molar-refractivity contribution in [2.45, 2.75) is 6.92 Å². The SMILES string of the molecule is Cc1nc(-c2ccc(F)c(Br)c2)[nH]c(=O)c1Br. The number of aromatic nitrogens is 2. The second-order valence-electron chi connectivity index (χ2n) is 3.44. The van der Waals surface area contributed by atoms with Crippen LogP contribution in [0.4, 0.5) is 4.39 Å². The van der Waals surface area contributed by atoms with Crippen LogP contribution in [0.1, 0.15) is 5.69 Å². The van der Waals surface area contributed by atoms with Gasteiger partial charge >= 0.3 is 0 Å². The number of benzene rings is 1. The lowest BCUT2D eigenvalue weighted by Gasteiger charge is -2.04. The molecule has 1 aromatic heterocycles. The van der Waals surface area contributed by atoms with E-state index >= 15 is 0 Å². The maximum Gasteiger partial charge on any atom is 0.265 e. The Morgan fingerprint density at radius 1 is 1.35 bits per heavy atom. The molecule has 2 rings (SSSR count). The van der Waals surface area contributed by atoms with Gasteiger partial charge in [0.15, 0.2) is 0 Å². The van der Waals surface area contributed by atoms with E-state index in [0.717, 1.165) is 0 Å². The summed E-state index contributed by atoms with van der Waals surface area (Å²) in [6, 6.07) is 4.45. The maximum absolute atomic E-state index is 13.1. The summed E-state index contributed by atoms with van der Waals surface area (Å²) in [4.78, 5) is 18.4. The minimum atomic E-state index is -0.357. The average Bonchev–Trinajstić information content (AvgIpc) is 2.29. The summed E-state index contributed by atoms with van der Waals surface area (Å²) in [5, 5.41) is 0. The van der Waals surface area contributed by atoms with Gasteiger partial charge in [0.05, 0.1) is 10.2 Å². The molecule has 0 bridgehead atoms. The van der Waals surface area contributed by atoms with Gasteiger partial charge in [-0.1, -0.05) is 0 Å². The highest BCUT2D eigenvalue weighted by molar-refractivity contribution is 9.10. The molecule has 1 N–H and O–H groups in total. The quantitative estimate of drug-likeness (QED) is 0.845. The Morgan fingerprint density at radius 2 is 2.06 bits per heavy atom. The van der Waals surface area contributed by atoms with Crippen LogP contribution in [0.25, 0.3) is 11.4 Å². The molecule has 6 heteroatoms. The standard InChI is InChI=1S/C11H7Br2FN2O/c1-5-9(13)11(17)16-10(15-5)6-2-3-8(14)7(12)4-6/h2-4H,1H3,(H,15,16,17). The van der Waals surface area contributed by atoms with E-state index in [-0.39, 0.29) is 11.4 Å². The first-order valence-corrected chi connectivity index (χ1v) is 6.29. The summed E-state index contributed by atoms with van der Waals surface area (Å²) in [6.45, 7) is 1.72. The first kappa shape index (κ1) is 12.4. The van der Waals surface area contributed by atoms with E-state index in [9.17, 15) is 9.18 Å². The molecule has 2 aromatic rings. The van der Waals surface area contributed by atoms with Gasteiger partial charge in [-0.05, 0) is 57.0 Å². The number of halogens is 3. The number of rotatable bonds is 1. The van der Waals surface area contributed by atoms with Gasteiger partial charge < -0.3 is 4.98 Å².